The summed E-state index contributed by atoms with van der Waals surface area (Å²) in [6, 6.07) is 0. The van der Waals surface area contributed by atoms with Crippen LogP contribution in [0.2, 0.25) is 0 Å². The molecule has 2 heteroatoms. The van der Waals surface area contributed by atoms with Crippen molar-refractivity contribution in [3.63, 3.8) is 0 Å². The van der Waals surface area contributed by atoms with Gasteiger partial charge in [0.2, 0.25) is 0 Å². The maximum Gasteiger partial charge on any atom is 0.0560 e. The normalized spacial score (nSPS) is 9.43. The van der Waals surface area contributed by atoms with Crippen LogP contribution in [0.5, 0.6) is 0 Å². The van der Waals surface area contributed by atoms with E-state index in [1.54, 1.807) is 0 Å². The van der Waals surface area contributed by atoms with Crippen molar-refractivity contribution in [2.45, 2.75) is 6.92 Å². The Morgan fingerprint density at radius 3 is 2.57 bits per heavy atom. The van der Waals surface area contributed by atoms with Gasteiger partial charge >= 0.3 is 0 Å². The quantitative estimate of drug-likeness (QED) is 0.416. The second-order valence-corrected chi connectivity index (χ2v) is 1.66. The Bertz CT molecular complexity index is 86.1. The second kappa shape index (κ2) is 4.18. The molecule has 0 atom stereocenters. The van der Waals surface area contributed by atoms with E-state index in [0.717, 1.165) is 5.70 Å². The molecule has 0 unspecified atom stereocenters. The highest BCUT2D eigenvalue weighted by Crippen LogP contribution is 1.87. The maximum absolute atomic E-state index is 3.66. The highest BCUT2D eigenvalue weighted by Gasteiger charge is 1.73. The van der Waals surface area contributed by atoms with Gasteiger partial charge in [-0.15, -0.1) is 0 Å². The third kappa shape index (κ3) is 3.85. The monoisotopic (exact) mass is 209 g/mol. The first-order valence-corrected chi connectivity index (χ1v) is 3.07. The molecule has 0 spiro atoms. The molecule has 1 N–H and O–H groups in total. The Hall–Kier alpha value is 0.0100. The van der Waals surface area contributed by atoms with E-state index in [4.69, 9.17) is 0 Å². The predicted molar refractivity (Wildman–Crippen MR) is 41.1 cm³/mol. The van der Waals surface area contributed by atoms with Gasteiger partial charge < -0.3 is 3.53 Å². The molecule has 0 aromatic heterocycles. The van der Waals surface area contributed by atoms with Gasteiger partial charge in [-0.05, 0) is 13.0 Å². The highest BCUT2D eigenvalue weighted by molar-refractivity contribution is 14.1. The molecule has 1 nitrogen and oxygen atoms in total. The summed E-state index contributed by atoms with van der Waals surface area (Å²) in [5.41, 5.74) is 0.933. The van der Waals surface area contributed by atoms with E-state index in [-0.39, 0.29) is 0 Å². The molecule has 7 heavy (non-hydrogen) atoms. The fraction of sp³-hybridized carbons (Fsp3) is 0.200. The highest BCUT2D eigenvalue weighted by atomic mass is 127. The predicted octanol–water partition coefficient (Wildman–Crippen LogP) is 2.02. The van der Waals surface area contributed by atoms with E-state index in [9.17, 15) is 0 Å². The van der Waals surface area contributed by atoms with Crippen molar-refractivity contribution in [2.24, 2.45) is 0 Å². The van der Waals surface area contributed by atoms with E-state index in [0.29, 0.717) is 0 Å². The van der Waals surface area contributed by atoms with Crippen LogP contribution in [-0.4, -0.2) is 0 Å². The minimum absolute atomic E-state index is 0.933. The van der Waals surface area contributed by atoms with Crippen LogP contribution in [0.25, 0.3) is 0 Å². The summed E-state index contributed by atoms with van der Waals surface area (Å²) in [5, 5.41) is 0. The van der Waals surface area contributed by atoms with Gasteiger partial charge in [0, 0.05) is 5.70 Å². The summed E-state index contributed by atoms with van der Waals surface area (Å²) >= 11 is 2.04. The van der Waals surface area contributed by atoms with Gasteiger partial charge in [0.1, 0.15) is 0 Å². The van der Waals surface area contributed by atoms with E-state index < -0.39 is 0 Å². The van der Waals surface area contributed by atoms with Gasteiger partial charge in [0.25, 0.3) is 0 Å². The SMILES string of the molecule is C=C(/C=C\C)NI. The van der Waals surface area contributed by atoms with Crippen molar-refractivity contribution in [3.8, 4) is 0 Å². The third-order valence-electron chi connectivity index (χ3n) is 0.489. The average molecular weight is 209 g/mol. The Kier molecular flexibility index (Phi) is 4.18. The molecule has 40 valence electrons. The smallest absolute Gasteiger partial charge is 0.0560 e. The van der Waals surface area contributed by atoms with Crippen LogP contribution in [0.1, 0.15) is 6.92 Å². The first kappa shape index (κ1) is 7.01. The molecular weight excluding hydrogens is 201 g/mol. The van der Waals surface area contributed by atoms with Gasteiger partial charge in [0.05, 0.1) is 22.9 Å². The lowest BCUT2D eigenvalue weighted by Crippen LogP contribution is -1.89. The first-order chi connectivity index (χ1) is 3.31. The molecule has 0 radical (unpaired) electrons. The maximum atomic E-state index is 3.66. The standard InChI is InChI=1S/C5H8IN/c1-3-4-5(2)7-6/h3-4,7H,2H2,1H3/b4-3-. The molecule has 0 fully saturated rings. The fourth-order valence-corrected chi connectivity index (χ4v) is 0.412. The molecule has 0 aromatic rings. The Morgan fingerprint density at radius 2 is 2.43 bits per heavy atom. The van der Waals surface area contributed by atoms with Crippen LogP contribution < -0.4 is 3.53 Å². The number of hydrogen-bond acceptors (Lipinski definition) is 1. The minimum Gasteiger partial charge on any atom is -0.329 e. The average Bonchev–Trinajstić information content (AvgIpc) is 1.68. The molecule has 0 aromatic carbocycles. The third-order valence-corrected chi connectivity index (χ3v) is 1.18. The topological polar surface area (TPSA) is 12.0 Å². The van der Waals surface area contributed by atoms with Crippen molar-refractivity contribution < 1.29 is 0 Å². The summed E-state index contributed by atoms with van der Waals surface area (Å²) in [6.07, 6.45) is 3.85. The number of hydrogen-bond donors (Lipinski definition) is 1. The summed E-state index contributed by atoms with van der Waals surface area (Å²) in [4.78, 5) is 0. The molecule has 0 saturated carbocycles. The number of allylic oxidation sites excluding steroid dienone is 2. The van der Waals surface area contributed by atoms with Crippen LogP contribution in [0.4, 0.5) is 0 Å². The number of rotatable bonds is 2. The summed E-state index contributed by atoms with van der Waals surface area (Å²) in [5.74, 6) is 0. The zero-order chi connectivity index (χ0) is 5.70. The molecule has 0 aliphatic rings. The molecule has 0 amide bonds. The van der Waals surface area contributed by atoms with Crippen LogP contribution in [0, 0.1) is 0 Å². The van der Waals surface area contributed by atoms with Gasteiger partial charge in [-0.3, -0.25) is 0 Å². The van der Waals surface area contributed by atoms with Crippen LogP contribution >= 0.6 is 22.9 Å². The summed E-state index contributed by atoms with van der Waals surface area (Å²) < 4.78 is 2.85. The van der Waals surface area contributed by atoms with E-state index in [1.807, 2.05) is 41.9 Å². The van der Waals surface area contributed by atoms with Crippen LogP contribution in [-0.2, 0) is 0 Å². The number of nitrogens with one attached hydrogen (secondary N) is 1. The number of halogens is 1. The fourth-order valence-electron chi connectivity index (χ4n) is 0.233. The largest absolute Gasteiger partial charge is 0.329 e. The first-order valence-electron chi connectivity index (χ1n) is 1.99. The molecule has 0 aliphatic heterocycles. The van der Waals surface area contributed by atoms with Gasteiger partial charge in [0.15, 0.2) is 0 Å². The minimum atomic E-state index is 0.933. The van der Waals surface area contributed by atoms with Gasteiger partial charge in [-0.1, -0.05) is 12.7 Å². The van der Waals surface area contributed by atoms with Crippen molar-refractivity contribution in [2.75, 3.05) is 0 Å². The molecule has 0 heterocycles. The summed E-state index contributed by atoms with van der Waals surface area (Å²) in [7, 11) is 0. The Morgan fingerprint density at radius 1 is 1.86 bits per heavy atom. The van der Waals surface area contributed by atoms with Crippen molar-refractivity contribution in [1.29, 1.82) is 0 Å². The van der Waals surface area contributed by atoms with E-state index in [1.165, 1.54) is 0 Å². The van der Waals surface area contributed by atoms with Crippen LogP contribution in [0.3, 0.4) is 0 Å². The van der Waals surface area contributed by atoms with Gasteiger partial charge in [-0.25, -0.2) is 0 Å². The van der Waals surface area contributed by atoms with E-state index in [2.05, 4.69) is 10.1 Å². The molecule has 0 rings (SSSR count). The summed E-state index contributed by atoms with van der Waals surface area (Å²) in [6.45, 7) is 5.62. The lowest BCUT2D eigenvalue weighted by atomic mass is 10.4. The lowest BCUT2D eigenvalue weighted by molar-refractivity contribution is 1.36. The van der Waals surface area contributed by atoms with Crippen molar-refractivity contribution in [1.82, 2.24) is 3.53 Å². The van der Waals surface area contributed by atoms with Crippen molar-refractivity contribution in [3.05, 3.63) is 24.4 Å². The second-order valence-electron chi connectivity index (χ2n) is 1.12. The van der Waals surface area contributed by atoms with Crippen molar-refractivity contribution >= 4 is 22.9 Å². The van der Waals surface area contributed by atoms with E-state index >= 15 is 0 Å². The molecule has 0 bridgehead atoms. The van der Waals surface area contributed by atoms with Crippen LogP contribution in [0.15, 0.2) is 24.4 Å². The zero-order valence-electron chi connectivity index (χ0n) is 4.24. The molecule has 0 saturated heterocycles. The zero-order valence-corrected chi connectivity index (χ0v) is 6.40. The molecule has 0 aliphatic carbocycles. The molecular formula is C5H8IN. The lowest BCUT2D eigenvalue weighted by Gasteiger charge is -1.89. The Labute approximate surface area is 58.0 Å². The Balaban J connectivity index is 3.37. The van der Waals surface area contributed by atoms with Gasteiger partial charge in [-0.2, -0.15) is 0 Å².